The molecule has 0 spiro atoms. The topological polar surface area (TPSA) is 115 Å². The predicted octanol–water partition coefficient (Wildman–Crippen LogP) is 0.943. The number of nitrogens with zero attached hydrogens (tertiary/aromatic N) is 4. The van der Waals surface area contributed by atoms with E-state index < -0.39 is 0 Å². The number of H-pyrrole nitrogens is 1. The van der Waals surface area contributed by atoms with Crippen molar-refractivity contribution in [3.05, 3.63) is 58.5 Å². The number of tetrazole rings is 1. The maximum absolute atomic E-state index is 12.1. The number of ether oxygens (including phenoxy) is 1. The Bertz CT molecular complexity index is 870. The molecule has 9 nitrogen and oxygen atoms in total. The molecule has 116 valence electrons. The molecule has 0 saturated carbocycles. The largest absolute Gasteiger partial charge is 0.422 e. The predicted molar refractivity (Wildman–Crippen MR) is 80.3 cm³/mol. The molecule has 2 aromatic heterocycles. The van der Waals surface area contributed by atoms with Crippen molar-refractivity contribution in [2.75, 3.05) is 5.32 Å². The molecule has 0 fully saturated rings. The van der Waals surface area contributed by atoms with Crippen molar-refractivity contribution in [2.45, 2.75) is 0 Å². The second kappa shape index (κ2) is 6.10. The molecule has 2 heterocycles. The molecule has 23 heavy (non-hydrogen) atoms. The van der Waals surface area contributed by atoms with Gasteiger partial charge in [0.2, 0.25) is 5.56 Å². The average molecular weight is 312 g/mol. The molecule has 0 saturated heterocycles. The second-order valence-corrected chi connectivity index (χ2v) is 4.64. The van der Waals surface area contributed by atoms with Crippen LogP contribution in [0.5, 0.6) is 11.8 Å². The van der Waals surface area contributed by atoms with E-state index in [-0.39, 0.29) is 17.5 Å². The zero-order valence-electron chi connectivity index (χ0n) is 12.1. The summed E-state index contributed by atoms with van der Waals surface area (Å²) in [5.74, 6) is 0.193. The molecule has 0 aliphatic carbocycles. The lowest BCUT2D eigenvalue weighted by molar-refractivity contribution is 0.102. The molecule has 9 heteroatoms. The second-order valence-electron chi connectivity index (χ2n) is 4.64. The Hall–Kier alpha value is -3.49. The Labute approximate surface area is 129 Å². The Balaban J connectivity index is 1.68. The first-order chi connectivity index (χ1) is 11.1. The highest BCUT2D eigenvalue weighted by molar-refractivity contribution is 6.04. The van der Waals surface area contributed by atoms with Gasteiger partial charge in [-0.15, -0.1) is 0 Å². The van der Waals surface area contributed by atoms with Gasteiger partial charge < -0.3 is 14.6 Å². The Morgan fingerprint density at radius 1 is 1.22 bits per heavy atom. The van der Waals surface area contributed by atoms with Gasteiger partial charge in [0, 0.05) is 25.0 Å². The third-order valence-corrected chi connectivity index (χ3v) is 3.00. The number of benzene rings is 1. The number of carbonyl (C=O) groups excluding carboxylic acids is 1. The molecular formula is C14H12N6O3. The first kappa shape index (κ1) is 14.4. The highest BCUT2D eigenvalue weighted by Gasteiger charge is 2.08. The summed E-state index contributed by atoms with van der Waals surface area (Å²) in [7, 11) is 1.59. The van der Waals surface area contributed by atoms with Crippen molar-refractivity contribution in [2.24, 2.45) is 7.05 Å². The number of hydrogen-bond acceptors (Lipinski definition) is 6. The summed E-state index contributed by atoms with van der Waals surface area (Å²) < 4.78 is 6.67. The molecule has 2 N–H and O–H groups in total. The summed E-state index contributed by atoms with van der Waals surface area (Å²) in [6.45, 7) is 0. The van der Waals surface area contributed by atoms with Crippen LogP contribution in [0.1, 0.15) is 10.4 Å². The van der Waals surface area contributed by atoms with E-state index in [4.69, 9.17) is 4.74 Å². The van der Waals surface area contributed by atoms with Crippen LogP contribution in [0.15, 0.2) is 47.4 Å². The normalized spacial score (nSPS) is 10.3. The smallest absolute Gasteiger partial charge is 0.361 e. The van der Waals surface area contributed by atoms with Gasteiger partial charge in [-0.05, 0) is 35.5 Å². The number of aromatic amines is 1. The Morgan fingerprint density at radius 2 is 2.00 bits per heavy atom. The van der Waals surface area contributed by atoms with Crippen LogP contribution >= 0.6 is 0 Å². The molecule has 0 aliphatic heterocycles. The van der Waals surface area contributed by atoms with Gasteiger partial charge >= 0.3 is 6.01 Å². The summed E-state index contributed by atoms with van der Waals surface area (Å²) in [4.78, 5) is 23.4. The highest BCUT2D eigenvalue weighted by atomic mass is 16.5. The zero-order valence-corrected chi connectivity index (χ0v) is 12.1. The van der Waals surface area contributed by atoms with Crippen LogP contribution < -0.4 is 15.6 Å². The zero-order chi connectivity index (χ0) is 16.2. The monoisotopic (exact) mass is 312 g/mol. The van der Waals surface area contributed by atoms with Crippen molar-refractivity contribution >= 4 is 11.6 Å². The number of carbonyl (C=O) groups is 1. The number of rotatable bonds is 4. The van der Waals surface area contributed by atoms with Crippen LogP contribution in [0.2, 0.25) is 0 Å². The molecule has 0 unspecified atom stereocenters. The van der Waals surface area contributed by atoms with Crippen molar-refractivity contribution in [1.82, 2.24) is 25.2 Å². The lowest BCUT2D eigenvalue weighted by Gasteiger charge is -2.07. The van der Waals surface area contributed by atoms with Crippen LogP contribution in [0.25, 0.3) is 0 Å². The molecule has 0 bridgehead atoms. The molecule has 0 atom stereocenters. The average Bonchev–Trinajstić information content (AvgIpc) is 3.05. The van der Waals surface area contributed by atoms with E-state index in [0.29, 0.717) is 17.0 Å². The van der Waals surface area contributed by atoms with Crippen LogP contribution in [-0.2, 0) is 7.05 Å². The van der Waals surface area contributed by atoms with Crippen molar-refractivity contribution < 1.29 is 9.53 Å². The highest BCUT2D eigenvalue weighted by Crippen LogP contribution is 2.19. The molecule has 0 aliphatic rings. The number of aryl methyl sites for hydroxylation is 1. The van der Waals surface area contributed by atoms with Gasteiger partial charge in [0.15, 0.2) is 0 Å². The Kier molecular flexibility index (Phi) is 3.83. The molecule has 1 aromatic carbocycles. The number of amides is 1. The SMILES string of the molecule is Cn1cc(C(=O)Nc2ccc(Oc3nn[nH]n3)cc2)ccc1=O. The number of pyridine rings is 1. The van der Waals surface area contributed by atoms with E-state index in [1.165, 1.54) is 22.9 Å². The third-order valence-electron chi connectivity index (χ3n) is 3.00. The minimum absolute atomic E-state index is 0.104. The van der Waals surface area contributed by atoms with Crippen molar-refractivity contribution in [3.63, 3.8) is 0 Å². The van der Waals surface area contributed by atoms with E-state index >= 15 is 0 Å². The van der Waals surface area contributed by atoms with E-state index in [9.17, 15) is 9.59 Å². The van der Waals surface area contributed by atoms with Crippen molar-refractivity contribution in [3.8, 4) is 11.8 Å². The fourth-order valence-electron chi connectivity index (χ4n) is 1.84. The molecular weight excluding hydrogens is 300 g/mol. The first-order valence-electron chi connectivity index (χ1n) is 6.61. The molecule has 3 aromatic rings. The van der Waals surface area contributed by atoms with Gasteiger partial charge in [-0.1, -0.05) is 10.2 Å². The van der Waals surface area contributed by atoms with Crippen LogP contribution in [0, 0.1) is 0 Å². The molecule has 0 radical (unpaired) electrons. The van der Waals surface area contributed by atoms with Gasteiger partial charge in [-0.2, -0.15) is 5.21 Å². The fourth-order valence-corrected chi connectivity index (χ4v) is 1.84. The van der Waals surface area contributed by atoms with Crippen LogP contribution in [0.4, 0.5) is 5.69 Å². The van der Waals surface area contributed by atoms with Gasteiger partial charge in [0.05, 0.1) is 5.56 Å². The number of hydrogen-bond donors (Lipinski definition) is 2. The summed E-state index contributed by atoms with van der Waals surface area (Å²) in [5.41, 5.74) is 0.799. The number of anilines is 1. The standard InChI is InChI=1S/C14H12N6O3/c1-20-8-9(2-7-12(20)21)13(22)15-10-3-5-11(6-4-10)23-14-16-18-19-17-14/h2-8H,1H3,(H,15,22)(H,16,17,18,19). The summed E-state index contributed by atoms with van der Waals surface area (Å²) in [5, 5.41) is 15.7. The maximum Gasteiger partial charge on any atom is 0.361 e. The minimum atomic E-state index is -0.313. The lowest BCUT2D eigenvalue weighted by atomic mass is 10.2. The van der Waals surface area contributed by atoms with Crippen molar-refractivity contribution in [1.29, 1.82) is 0 Å². The van der Waals surface area contributed by atoms with E-state index in [2.05, 4.69) is 25.9 Å². The van der Waals surface area contributed by atoms with E-state index in [1.807, 2.05) is 0 Å². The van der Waals surface area contributed by atoms with Crippen LogP contribution in [0.3, 0.4) is 0 Å². The third kappa shape index (κ3) is 3.40. The first-order valence-corrected chi connectivity index (χ1v) is 6.61. The van der Waals surface area contributed by atoms with Crippen LogP contribution in [-0.4, -0.2) is 31.1 Å². The van der Waals surface area contributed by atoms with Gasteiger partial charge in [0.1, 0.15) is 5.75 Å². The summed E-state index contributed by atoms with van der Waals surface area (Å²) in [6, 6.07) is 9.60. The van der Waals surface area contributed by atoms with E-state index in [1.54, 1.807) is 31.3 Å². The lowest BCUT2D eigenvalue weighted by Crippen LogP contribution is -2.19. The fraction of sp³-hybridized carbons (Fsp3) is 0.0714. The minimum Gasteiger partial charge on any atom is -0.422 e. The van der Waals surface area contributed by atoms with Gasteiger partial charge in [-0.3, -0.25) is 9.59 Å². The maximum atomic E-state index is 12.1. The number of aromatic nitrogens is 5. The Morgan fingerprint density at radius 3 is 2.65 bits per heavy atom. The summed E-state index contributed by atoms with van der Waals surface area (Å²) >= 11 is 0. The molecule has 1 amide bonds. The van der Waals surface area contributed by atoms with Gasteiger partial charge in [-0.25, -0.2) is 0 Å². The summed E-state index contributed by atoms with van der Waals surface area (Å²) in [6.07, 6.45) is 1.48. The van der Waals surface area contributed by atoms with Gasteiger partial charge in [0.25, 0.3) is 5.91 Å². The number of nitrogens with one attached hydrogen (secondary N) is 2. The molecule has 3 rings (SSSR count). The van der Waals surface area contributed by atoms with E-state index in [0.717, 1.165) is 0 Å². The quantitative estimate of drug-likeness (QED) is 0.741.